The molecule has 154 valence electrons. The highest BCUT2D eigenvalue weighted by atomic mass is 16.5. The maximum Gasteiger partial charge on any atom is 0.319 e. The van der Waals surface area contributed by atoms with Gasteiger partial charge in [0, 0.05) is 38.2 Å². The molecule has 3 aromatic rings. The van der Waals surface area contributed by atoms with E-state index >= 15 is 0 Å². The van der Waals surface area contributed by atoms with Gasteiger partial charge in [0.25, 0.3) is 0 Å². The Balaban J connectivity index is 1.44. The van der Waals surface area contributed by atoms with Crippen LogP contribution in [-0.2, 0) is 4.79 Å². The first-order valence-corrected chi connectivity index (χ1v) is 10.2. The zero-order valence-corrected chi connectivity index (χ0v) is 17.0. The summed E-state index contributed by atoms with van der Waals surface area (Å²) in [5.41, 5.74) is 2.03. The van der Waals surface area contributed by atoms with Gasteiger partial charge in [-0.25, -0.2) is 4.98 Å². The van der Waals surface area contributed by atoms with E-state index < -0.39 is 0 Å². The molecular formula is C24H25N3O3. The molecule has 0 radical (unpaired) electrons. The topological polar surface area (TPSA) is 64.6 Å². The summed E-state index contributed by atoms with van der Waals surface area (Å²) in [4.78, 5) is 23.7. The molecule has 0 N–H and O–H groups in total. The van der Waals surface area contributed by atoms with Crippen LogP contribution < -0.4 is 9.47 Å². The van der Waals surface area contributed by atoms with Crippen LogP contribution in [0.1, 0.15) is 29.9 Å². The molecule has 1 fully saturated rings. The van der Waals surface area contributed by atoms with Gasteiger partial charge in [-0.15, -0.1) is 0 Å². The summed E-state index contributed by atoms with van der Waals surface area (Å²) in [6.07, 6.45) is 3.15. The maximum absolute atomic E-state index is 13.5. The van der Waals surface area contributed by atoms with Gasteiger partial charge < -0.3 is 14.4 Å². The summed E-state index contributed by atoms with van der Waals surface area (Å²) in [6.45, 7) is 1.31. The number of ether oxygens (including phenoxy) is 2. The lowest BCUT2D eigenvalue weighted by Gasteiger charge is -2.34. The Bertz CT molecular complexity index is 918. The number of methoxy groups -OCH3 is 1. The summed E-state index contributed by atoms with van der Waals surface area (Å²) in [6, 6.07) is 22.0. The summed E-state index contributed by atoms with van der Waals surface area (Å²) in [5.74, 6) is 0.337. The van der Waals surface area contributed by atoms with Gasteiger partial charge in [0.05, 0.1) is 13.0 Å². The van der Waals surface area contributed by atoms with Crippen LogP contribution in [0, 0.1) is 0 Å². The highest BCUT2D eigenvalue weighted by Gasteiger charge is 2.31. The molecule has 4 rings (SSSR count). The van der Waals surface area contributed by atoms with Gasteiger partial charge in [0.15, 0.2) is 0 Å². The predicted octanol–water partition coefficient (Wildman–Crippen LogP) is 3.69. The fraction of sp³-hybridized carbons (Fsp3) is 0.292. The van der Waals surface area contributed by atoms with Gasteiger partial charge in [-0.2, -0.15) is 4.98 Å². The van der Waals surface area contributed by atoms with Crippen molar-refractivity contribution in [1.82, 2.24) is 14.9 Å². The lowest BCUT2D eigenvalue weighted by atomic mass is 9.89. The van der Waals surface area contributed by atoms with Gasteiger partial charge in [-0.3, -0.25) is 4.79 Å². The van der Waals surface area contributed by atoms with Crippen molar-refractivity contribution < 1.29 is 14.3 Å². The molecule has 0 saturated carbocycles. The van der Waals surface area contributed by atoms with E-state index in [1.54, 1.807) is 12.3 Å². The molecule has 1 aliphatic rings. The molecule has 6 nitrogen and oxygen atoms in total. The minimum atomic E-state index is -0.295. The van der Waals surface area contributed by atoms with Gasteiger partial charge in [0.2, 0.25) is 11.8 Å². The second-order valence-corrected chi connectivity index (χ2v) is 7.28. The van der Waals surface area contributed by atoms with Crippen molar-refractivity contribution in [1.29, 1.82) is 0 Å². The number of hydrogen-bond acceptors (Lipinski definition) is 5. The molecule has 6 heteroatoms. The highest BCUT2D eigenvalue weighted by Crippen LogP contribution is 2.28. The van der Waals surface area contributed by atoms with Gasteiger partial charge in [0.1, 0.15) is 6.10 Å². The van der Waals surface area contributed by atoms with Gasteiger partial charge >= 0.3 is 6.01 Å². The van der Waals surface area contributed by atoms with Crippen LogP contribution in [0.5, 0.6) is 11.9 Å². The molecule has 1 amide bonds. The monoisotopic (exact) mass is 403 g/mol. The average Bonchev–Trinajstić information content (AvgIpc) is 2.81. The van der Waals surface area contributed by atoms with E-state index in [0.29, 0.717) is 19.0 Å². The van der Waals surface area contributed by atoms with Crippen molar-refractivity contribution >= 4 is 5.91 Å². The molecule has 2 aromatic carbocycles. The molecule has 30 heavy (non-hydrogen) atoms. The van der Waals surface area contributed by atoms with E-state index in [1.807, 2.05) is 65.6 Å². The summed E-state index contributed by atoms with van der Waals surface area (Å²) in [5, 5.41) is 0. The van der Waals surface area contributed by atoms with E-state index in [2.05, 4.69) is 9.97 Å². The summed E-state index contributed by atoms with van der Waals surface area (Å²) >= 11 is 0. The van der Waals surface area contributed by atoms with E-state index in [1.165, 1.54) is 7.11 Å². The fourth-order valence-electron chi connectivity index (χ4n) is 3.81. The second-order valence-electron chi connectivity index (χ2n) is 7.28. The van der Waals surface area contributed by atoms with Crippen molar-refractivity contribution in [2.24, 2.45) is 0 Å². The van der Waals surface area contributed by atoms with E-state index in [9.17, 15) is 4.79 Å². The summed E-state index contributed by atoms with van der Waals surface area (Å²) < 4.78 is 11.0. The maximum atomic E-state index is 13.5. The first-order chi connectivity index (χ1) is 14.7. The third-order valence-electron chi connectivity index (χ3n) is 5.34. The van der Waals surface area contributed by atoms with E-state index in [0.717, 1.165) is 24.0 Å². The molecule has 2 heterocycles. The first-order valence-electron chi connectivity index (χ1n) is 10.2. The van der Waals surface area contributed by atoms with Crippen molar-refractivity contribution in [3.05, 3.63) is 84.1 Å². The van der Waals surface area contributed by atoms with Crippen LogP contribution >= 0.6 is 0 Å². The van der Waals surface area contributed by atoms with Crippen LogP contribution in [0.2, 0.25) is 0 Å². The summed E-state index contributed by atoms with van der Waals surface area (Å²) in [7, 11) is 1.53. The lowest BCUT2D eigenvalue weighted by Crippen LogP contribution is -2.44. The van der Waals surface area contributed by atoms with Crippen LogP contribution in [0.4, 0.5) is 0 Å². The van der Waals surface area contributed by atoms with Crippen molar-refractivity contribution in [2.75, 3.05) is 20.2 Å². The number of nitrogens with zero attached hydrogens (tertiary/aromatic N) is 3. The first kappa shape index (κ1) is 19.9. The molecule has 0 bridgehead atoms. The number of carbonyl (C=O) groups is 1. The van der Waals surface area contributed by atoms with Gasteiger partial charge in [-0.05, 0) is 11.1 Å². The lowest BCUT2D eigenvalue weighted by molar-refractivity contribution is -0.133. The van der Waals surface area contributed by atoms with Crippen molar-refractivity contribution in [3.63, 3.8) is 0 Å². The average molecular weight is 403 g/mol. The van der Waals surface area contributed by atoms with Crippen molar-refractivity contribution in [2.45, 2.75) is 24.9 Å². The SMILES string of the molecule is COc1nccc(OC2CCN(C(=O)C(c3ccccc3)c3ccccc3)CC2)n1. The Morgan fingerprint density at radius 2 is 1.57 bits per heavy atom. The number of carbonyl (C=O) groups excluding carboxylic acids is 1. The Morgan fingerprint density at radius 3 is 2.13 bits per heavy atom. The number of piperidine rings is 1. The van der Waals surface area contributed by atoms with Crippen LogP contribution in [-0.4, -0.2) is 47.1 Å². The van der Waals surface area contributed by atoms with Crippen molar-refractivity contribution in [3.8, 4) is 11.9 Å². The van der Waals surface area contributed by atoms with Gasteiger partial charge in [-0.1, -0.05) is 60.7 Å². The third kappa shape index (κ3) is 4.59. The Kier molecular flexibility index (Phi) is 6.23. The number of hydrogen-bond donors (Lipinski definition) is 0. The standard InChI is InChI=1S/C24H25N3O3/c1-29-24-25-15-12-21(26-24)30-20-13-16-27(17-14-20)23(28)22(18-8-4-2-5-9-18)19-10-6-3-7-11-19/h2-12,15,20,22H,13-14,16-17H2,1H3. The van der Waals surface area contributed by atoms with Crippen LogP contribution in [0.3, 0.4) is 0 Å². The van der Waals surface area contributed by atoms with E-state index in [4.69, 9.17) is 9.47 Å². The number of aromatic nitrogens is 2. The predicted molar refractivity (Wildman–Crippen MR) is 114 cm³/mol. The molecule has 0 unspecified atom stereocenters. The molecule has 0 aliphatic carbocycles. The van der Waals surface area contributed by atoms with Crippen LogP contribution in [0.25, 0.3) is 0 Å². The quantitative estimate of drug-likeness (QED) is 0.628. The molecule has 1 aromatic heterocycles. The number of likely N-dealkylation sites (tertiary alicyclic amines) is 1. The minimum Gasteiger partial charge on any atom is -0.474 e. The minimum absolute atomic E-state index is 0.0144. The molecule has 0 spiro atoms. The molecule has 1 saturated heterocycles. The Morgan fingerprint density at radius 1 is 0.967 bits per heavy atom. The largest absolute Gasteiger partial charge is 0.474 e. The Labute approximate surface area is 176 Å². The molecular weight excluding hydrogens is 378 g/mol. The highest BCUT2D eigenvalue weighted by molar-refractivity contribution is 5.87. The smallest absolute Gasteiger partial charge is 0.319 e. The second kappa shape index (κ2) is 9.39. The Hall–Kier alpha value is -3.41. The normalized spacial score (nSPS) is 14.5. The molecule has 0 atom stereocenters. The zero-order valence-electron chi connectivity index (χ0n) is 17.0. The van der Waals surface area contributed by atoms with Crippen LogP contribution in [0.15, 0.2) is 72.9 Å². The molecule has 1 aliphatic heterocycles. The fourth-order valence-corrected chi connectivity index (χ4v) is 3.81. The number of amides is 1. The van der Waals surface area contributed by atoms with E-state index in [-0.39, 0.29) is 23.9 Å². The third-order valence-corrected chi connectivity index (χ3v) is 5.34. The number of benzene rings is 2. The zero-order chi connectivity index (χ0) is 20.8. The number of rotatable bonds is 6.